The van der Waals surface area contributed by atoms with E-state index in [1.807, 2.05) is 42.2 Å². The number of methoxy groups -OCH3 is 1. The summed E-state index contributed by atoms with van der Waals surface area (Å²) in [5.74, 6) is 0.757. The molecule has 27 heavy (non-hydrogen) atoms. The lowest BCUT2D eigenvalue weighted by molar-refractivity contribution is 0.0641. The standard InChI is InChI=1S/C21H24N4O2/c1-24-10-9-16-18(24)7-8-19(27-2)20(16)21(26)25(14-3-4-14)15-5-6-17-13(11-15)12-22-23-17/h7-10,12,14-15H,3-6,11H2,1-2H3,(H,22,23). The minimum absolute atomic E-state index is 0.100. The largest absolute Gasteiger partial charge is 0.496 e. The van der Waals surface area contributed by atoms with Crippen molar-refractivity contribution in [3.05, 3.63) is 47.4 Å². The third kappa shape index (κ3) is 2.62. The molecule has 1 aromatic carbocycles. The average molecular weight is 364 g/mol. The molecule has 1 fully saturated rings. The van der Waals surface area contributed by atoms with Crippen molar-refractivity contribution in [2.45, 2.75) is 44.2 Å². The summed E-state index contributed by atoms with van der Waals surface area (Å²) < 4.78 is 7.64. The van der Waals surface area contributed by atoms with Crippen molar-refractivity contribution in [1.82, 2.24) is 19.7 Å². The Balaban J connectivity index is 1.56. The number of benzene rings is 1. The number of rotatable bonds is 4. The van der Waals surface area contributed by atoms with Gasteiger partial charge in [-0.05, 0) is 55.9 Å². The second-order valence-electron chi connectivity index (χ2n) is 7.72. The number of hydrogen-bond donors (Lipinski definition) is 1. The van der Waals surface area contributed by atoms with E-state index in [2.05, 4.69) is 15.1 Å². The van der Waals surface area contributed by atoms with Crippen LogP contribution in [0.3, 0.4) is 0 Å². The van der Waals surface area contributed by atoms with Crippen LogP contribution in [0.15, 0.2) is 30.6 Å². The molecule has 0 saturated heterocycles. The number of fused-ring (bicyclic) bond motifs is 2. The lowest BCUT2D eigenvalue weighted by atomic mass is 9.91. The number of nitrogens with zero attached hydrogens (tertiary/aromatic N) is 3. The SMILES string of the molecule is COc1ccc2c(ccn2C)c1C(=O)N(C1CC1)C1CCc2[nH]ncc2C1. The Bertz CT molecular complexity index is 1010. The molecular formula is C21H24N4O2. The molecule has 1 atom stereocenters. The first-order valence-electron chi connectivity index (χ1n) is 9.63. The van der Waals surface area contributed by atoms with Crippen LogP contribution in [0.2, 0.25) is 0 Å². The second kappa shape index (κ2) is 6.15. The van der Waals surface area contributed by atoms with Crippen LogP contribution in [0.1, 0.15) is 40.9 Å². The fraction of sp³-hybridized carbons (Fsp3) is 0.429. The Morgan fingerprint density at radius 3 is 2.89 bits per heavy atom. The van der Waals surface area contributed by atoms with E-state index in [1.165, 1.54) is 11.3 Å². The normalized spacial score (nSPS) is 19.1. The summed E-state index contributed by atoms with van der Waals surface area (Å²) in [4.78, 5) is 15.9. The van der Waals surface area contributed by atoms with E-state index in [1.54, 1.807) is 7.11 Å². The van der Waals surface area contributed by atoms with Gasteiger partial charge in [-0.2, -0.15) is 5.10 Å². The van der Waals surface area contributed by atoms with Crippen LogP contribution in [0.25, 0.3) is 10.9 Å². The predicted molar refractivity (Wildman–Crippen MR) is 103 cm³/mol. The molecule has 0 aliphatic heterocycles. The highest BCUT2D eigenvalue weighted by Crippen LogP contribution is 2.37. The van der Waals surface area contributed by atoms with Crippen LogP contribution in [0.5, 0.6) is 5.75 Å². The van der Waals surface area contributed by atoms with E-state index in [0.29, 0.717) is 17.4 Å². The van der Waals surface area contributed by atoms with E-state index < -0.39 is 0 Å². The number of H-pyrrole nitrogens is 1. The van der Waals surface area contributed by atoms with Crippen molar-refractivity contribution in [2.24, 2.45) is 7.05 Å². The summed E-state index contributed by atoms with van der Waals surface area (Å²) in [6, 6.07) is 6.52. The van der Waals surface area contributed by atoms with Crippen molar-refractivity contribution in [3.63, 3.8) is 0 Å². The van der Waals surface area contributed by atoms with Crippen molar-refractivity contribution in [2.75, 3.05) is 7.11 Å². The molecule has 2 aromatic heterocycles. The van der Waals surface area contributed by atoms with Gasteiger partial charge < -0.3 is 14.2 Å². The van der Waals surface area contributed by atoms with Gasteiger partial charge in [0.15, 0.2) is 0 Å². The first-order valence-corrected chi connectivity index (χ1v) is 9.63. The molecule has 2 aliphatic rings. The number of hydrogen-bond acceptors (Lipinski definition) is 3. The Labute approximate surface area is 158 Å². The second-order valence-corrected chi connectivity index (χ2v) is 7.72. The molecule has 1 saturated carbocycles. The fourth-order valence-electron chi connectivity index (χ4n) is 4.47. The summed E-state index contributed by atoms with van der Waals surface area (Å²) >= 11 is 0. The minimum atomic E-state index is 0.100. The molecule has 6 heteroatoms. The predicted octanol–water partition coefficient (Wildman–Crippen LogP) is 3.07. The van der Waals surface area contributed by atoms with Crippen LogP contribution in [-0.2, 0) is 19.9 Å². The molecule has 5 rings (SSSR count). The first kappa shape index (κ1) is 16.4. The van der Waals surface area contributed by atoms with Gasteiger partial charge in [-0.1, -0.05) is 0 Å². The van der Waals surface area contributed by atoms with Crippen molar-refractivity contribution >= 4 is 16.8 Å². The molecule has 2 heterocycles. The Hall–Kier alpha value is -2.76. The third-order valence-electron chi connectivity index (χ3n) is 6.02. The van der Waals surface area contributed by atoms with Crippen LogP contribution in [-0.4, -0.2) is 44.8 Å². The molecule has 1 unspecified atom stereocenters. The number of nitrogens with one attached hydrogen (secondary N) is 1. The Morgan fingerprint density at radius 1 is 1.26 bits per heavy atom. The van der Waals surface area contributed by atoms with Crippen molar-refractivity contribution in [1.29, 1.82) is 0 Å². The molecule has 0 radical (unpaired) electrons. The van der Waals surface area contributed by atoms with Gasteiger partial charge in [0.05, 0.1) is 18.9 Å². The number of carbonyl (C=O) groups excluding carboxylic acids is 1. The lowest BCUT2D eigenvalue weighted by Crippen LogP contribution is -2.45. The summed E-state index contributed by atoms with van der Waals surface area (Å²) in [5, 5.41) is 8.24. The number of aromatic amines is 1. The number of aromatic nitrogens is 3. The van der Waals surface area contributed by atoms with E-state index in [4.69, 9.17) is 4.74 Å². The molecule has 1 N–H and O–H groups in total. The highest BCUT2D eigenvalue weighted by Gasteiger charge is 2.40. The quantitative estimate of drug-likeness (QED) is 0.774. The average Bonchev–Trinajstić information content (AvgIpc) is 3.27. The van der Waals surface area contributed by atoms with E-state index in [9.17, 15) is 4.79 Å². The maximum atomic E-state index is 13.8. The summed E-state index contributed by atoms with van der Waals surface area (Å²) in [7, 11) is 3.64. The zero-order valence-corrected chi connectivity index (χ0v) is 15.7. The summed E-state index contributed by atoms with van der Waals surface area (Å²) in [5.41, 5.74) is 4.21. The van der Waals surface area contributed by atoms with Gasteiger partial charge in [-0.25, -0.2) is 0 Å². The monoisotopic (exact) mass is 364 g/mol. The van der Waals surface area contributed by atoms with Crippen LogP contribution >= 0.6 is 0 Å². The van der Waals surface area contributed by atoms with Gasteiger partial charge in [0, 0.05) is 41.9 Å². The van der Waals surface area contributed by atoms with Gasteiger partial charge in [0.1, 0.15) is 5.75 Å². The summed E-state index contributed by atoms with van der Waals surface area (Å²) in [6.45, 7) is 0. The molecule has 140 valence electrons. The maximum Gasteiger partial charge on any atom is 0.258 e. The van der Waals surface area contributed by atoms with Crippen LogP contribution in [0.4, 0.5) is 0 Å². The minimum Gasteiger partial charge on any atom is -0.496 e. The number of amides is 1. The number of aryl methyl sites for hydroxylation is 2. The Morgan fingerprint density at radius 2 is 2.11 bits per heavy atom. The summed E-state index contributed by atoms with van der Waals surface area (Å²) in [6.07, 6.45) is 8.90. The van der Waals surface area contributed by atoms with E-state index >= 15 is 0 Å². The van der Waals surface area contributed by atoms with Crippen LogP contribution in [0, 0.1) is 0 Å². The van der Waals surface area contributed by atoms with Gasteiger partial charge in [-0.15, -0.1) is 0 Å². The Kier molecular flexibility index (Phi) is 3.74. The topological polar surface area (TPSA) is 63.1 Å². The molecule has 6 nitrogen and oxygen atoms in total. The number of carbonyl (C=O) groups is 1. The fourth-order valence-corrected chi connectivity index (χ4v) is 4.47. The van der Waals surface area contributed by atoms with Gasteiger partial charge in [-0.3, -0.25) is 9.89 Å². The molecule has 3 aromatic rings. The van der Waals surface area contributed by atoms with Gasteiger partial charge in [0.25, 0.3) is 5.91 Å². The van der Waals surface area contributed by atoms with E-state index in [-0.39, 0.29) is 11.9 Å². The zero-order valence-electron chi connectivity index (χ0n) is 15.7. The molecule has 1 amide bonds. The third-order valence-corrected chi connectivity index (χ3v) is 6.02. The molecule has 2 aliphatic carbocycles. The number of ether oxygens (including phenoxy) is 1. The molecular weight excluding hydrogens is 340 g/mol. The van der Waals surface area contributed by atoms with Gasteiger partial charge >= 0.3 is 0 Å². The molecule has 0 spiro atoms. The highest BCUT2D eigenvalue weighted by molar-refractivity contribution is 6.09. The highest BCUT2D eigenvalue weighted by atomic mass is 16.5. The van der Waals surface area contributed by atoms with Crippen molar-refractivity contribution in [3.8, 4) is 5.75 Å². The first-order chi connectivity index (χ1) is 13.2. The molecule has 0 bridgehead atoms. The van der Waals surface area contributed by atoms with E-state index in [0.717, 1.165) is 43.0 Å². The van der Waals surface area contributed by atoms with Crippen molar-refractivity contribution < 1.29 is 9.53 Å². The smallest absolute Gasteiger partial charge is 0.258 e. The lowest BCUT2D eigenvalue weighted by Gasteiger charge is -2.35. The van der Waals surface area contributed by atoms with Crippen LogP contribution < -0.4 is 4.74 Å². The van der Waals surface area contributed by atoms with Gasteiger partial charge in [0.2, 0.25) is 0 Å². The maximum absolute atomic E-state index is 13.8. The zero-order chi connectivity index (χ0) is 18.5.